The Morgan fingerprint density at radius 2 is 2.24 bits per heavy atom. The van der Waals surface area contributed by atoms with Crippen molar-refractivity contribution in [3.8, 4) is 0 Å². The van der Waals surface area contributed by atoms with Crippen LogP contribution in [0.4, 0.5) is 0 Å². The third-order valence-electron chi connectivity index (χ3n) is 1.68. The van der Waals surface area contributed by atoms with Crippen LogP contribution in [-0.4, -0.2) is 27.4 Å². The van der Waals surface area contributed by atoms with Gasteiger partial charge in [-0.15, -0.1) is 11.3 Å². The summed E-state index contributed by atoms with van der Waals surface area (Å²) in [6.45, 7) is 1.92. The van der Waals surface area contributed by atoms with Gasteiger partial charge in [-0.05, 0) is 28.9 Å². The predicted molar refractivity (Wildman–Crippen MR) is 70.9 cm³/mol. The van der Waals surface area contributed by atoms with Crippen LogP contribution >= 0.6 is 38.9 Å². The summed E-state index contributed by atoms with van der Waals surface area (Å²) in [5.41, 5.74) is 0. The normalized spacial score (nSPS) is 11.5. The number of hydrogen-bond donors (Lipinski definition) is 2. The first-order chi connectivity index (χ1) is 7.86. The third kappa shape index (κ3) is 4.22. The Bertz CT molecular complexity index is 495. The monoisotopic (exact) mass is 360 g/mol. The van der Waals surface area contributed by atoms with E-state index in [1.54, 1.807) is 6.92 Å². The van der Waals surface area contributed by atoms with E-state index in [0.717, 1.165) is 11.3 Å². The van der Waals surface area contributed by atoms with E-state index in [-0.39, 0.29) is 16.7 Å². The first-order valence-electron chi connectivity index (χ1n) is 4.58. The van der Waals surface area contributed by atoms with Crippen molar-refractivity contribution in [2.75, 3.05) is 13.1 Å². The van der Waals surface area contributed by atoms with Crippen molar-refractivity contribution in [1.82, 2.24) is 10.0 Å². The Balaban J connectivity index is 2.72. The number of sulfonamides is 1. The molecule has 1 aromatic heterocycles. The van der Waals surface area contributed by atoms with E-state index in [0.29, 0.717) is 15.4 Å². The Morgan fingerprint density at radius 1 is 1.59 bits per heavy atom. The third-order valence-corrected chi connectivity index (χ3v) is 6.03. The van der Waals surface area contributed by atoms with E-state index >= 15 is 0 Å². The van der Waals surface area contributed by atoms with Crippen LogP contribution in [0.5, 0.6) is 0 Å². The lowest BCUT2D eigenvalue weighted by Crippen LogP contribution is -2.36. The molecule has 0 spiro atoms. The Kier molecular flexibility index (Phi) is 5.39. The number of carbonyl (C=O) groups excluding carboxylic acids is 1. The fourth-order valence-electron chi connectivity index (χ4n) is 0.951. The predicted octanol–water partition coefficient (Wildman–Crippen LogP) is 1.58. The lowest BCUT2D eigenvalue weighted by atomic mass is 10.6. The van der Waals surface area contributed by atoms with E-state index in [9.17, 15) is 13.2 Å². The van der Waals surface area contributed by atoms with Gasteiger partial charge >= 0.3 is 0 Å². The highest BCUT2D eigenvalue weighted by Crippen LogP contribution is 2.34. The zero-order valence-electron chi connectivity index (χ0n) is 8.79. The van der Waals surface area contributed by atoms with Crippen molar-refractivity contribution in [2.24, 2.45) is 0 Å². The molecule has 0 aliphatic heterocycles. The number of likely N-dealkylation sites (N-methyl/N-ethyl adjacent to an activating group) is 1. The van der Waals surface area contributed by atoms with E-state index < -0.39 is 10.0 Å². The van der Waals surface area contributed by atoms with Gasteiger partial charge in [0.2, 0.25) is 5.91 Å². The van der Waals surface area contributed by atoms with Crippen LogP contribution in [0.15, 0.2) is 14.1 Å². The minimum absolute atomic E-state index is 0.0682. The minimum atomic E-state index is -3.68. The summed E-state index contributed by atoms with van der Waals surface area (Å²) in [6, 6.07) is 1.33. The van der Waals surface area contributed by atoms with Crippen molar-refractivity contribution in [2.45, 2.75) is 11.1 Å². The number of hydrogen-bond acceptors (Lipinski definition) is 4. The topological polar surface area (TPSA) is 75.3 Å². The molecule has 5 nitrogen and oxygen atoms in total. The van der Waals surface area contributed by atoms with Gasteiger partial charge in [0.1, 0.15) is 4.21 Å². The highest BCUT2D eigenvalue weighted by Gasteiger charge is 2.19. The second kappa shape index (κ2) is 6.14. The molecule has 0 saturated carbocycles. The molecular weight excluding hydrogens is 352 g/mol. The first-order valence-corrected chi connectivity index (χ1v) is 8.05. The molecular formula is C8H10BrClN2O3S2. The van der Waals surface area contributed by atoms with Gasteiger partial charge in [0.15, 0.2) is 0 Å². The number of nitrogens with one attached hydrogen (secondary N) is 2. The molecule has 0 unspecified atom stereocenters. The zero-order valence-corrected chi connectivity index (χ0v) is 12.8. The number of carbonyl (C=O) groups is 1. The largest absolute Gasteiger partial charge is 0.355 e. The second-order valence-electron chi connectivity index (χ2n) is 2.97. The van der Waals surface area contributed by atoms with E-state index in [2.05, 4.69) is 26.0 Å². The first kappa shape index (κ1) is 14.9. The van der Waals surface area contributed by atoms with Crippen LogP contribution in [-0.2, 0) is 14.8 Å². The summed E-state index contributed by atoms with van der Waals surface area (Å²) in [7, 11) is -3.68. The van der Waals surface area contributed by atoms with Crippen LogP contribution < -0.4 is 10.0 Å². The van der Waals surface area contributed by atoms with Gasteiger partial charge in [-0.25, -0.2) is 13.1 Å². The van der Waals surface area contributed by atoms with Crippen molar-refractivity contribution in [1.29, 1.82) is 0 Å². The lowest BCUT2D eigenvalue weighted by molar-refractivity contribution is -0.119. The average molecular weight is 362 g/mol. The summed E-state index contributed by atoms with van der Waals surface area (Å²) in [6.07, 6.45) is 0. The molecule has 1 rings (SSSR count). The van der Waals surface area contributed by atoms with Gasteiger partial charge in [-0.1, -0.05) is 11.6 Å². The number of amides is 1. The summed E-state index contributed by atoms with van der Waals surface area (Å²) in [5.74, 6) is -0.377. The van der Waals surface area contributed by atoms with E-state index in [1.807, 2.05) is 0 Å². The maximum atomic E-state index is 11.7. The molecule has 0 fully saturated rings. The fraction of sp³-hybridized carbons (Fsp3) is 0.375. The average Bonchev–Trinajstić information content (AvgIpc) is 2.58. The maximum Gasteiger partial charge on any atom is 0.250 e. The molecule has 0 aliphatic carbocycles. The smallest absolute Gasteiger partial charge is 0.250 e. The van der Waals surface area contributed by atoms with Gasteiger partial charge in [0.05, 0.1) is 15.4 Å². The van der Waals surface area contributed by atoms with Gasteiger partial charge < -0.3 is 5.32 Å². The SMILES string of the molecule is CCNC(=O)CNS(=O)(=O)c1cc(Cl)c(Br)s1. The molecule has 0 radical (unpaired) electrons. The van der Waals surface area contributed by atoms with Crippen LogP contribution in [0.2, 0.25) is 5.02 Å². The van der Waals surface area contributed by atoms with Gasteiger partial charge in [-0.3, -0.25) is 4.79 Å². The Labute approximate surface area is 117 Å². The van der Waals surface area contributed by atoms with Gasteiger partial charge in [0.25, 0.3) is 10.0 Å². The Morgan fingerprint density at radius 3 is 2.71 bits per heavy atom. The molecule has 1 aromatic rings. The minimum Gasteiger partial charge on any atom is -0.355 e. The molecule has 0 atom stereocenters. The van der Waals surface area contributed by atoms with E-state index in [1.165, 1.54) is 6.07 Å². The molecule has 17 heavy (non-hydrogen) atoms. The maximum absolute atomic E-state index is 11.7. The fourth-order valence-corrected chi connectivity index (χ4v) is 4.38. The number of thiophene rings is 1. The van der Waals surface area contributed by atoms with Gasteiger partial charge in [-0.2, -0.15) is 0 Å². The van der Waals surface area contributed by atoms with Crippen LogP contribution in [0, 0.1) is 0 Å². The lowest BCUT2D eigenvalue weighted by Gasteiger charge is -2.04. The summed E-state index contributed by atoms with van der Waals surface area (Å²) in [5, 5.41) is 2.82. The summed E-state index contributed by atoms with van der Waals surface area (Å²) < 4.78 is 26.3. The quantitative estimate of drug-likeness (QED) is 0.836. The molecule has 96 valence electrons. The Hall–Kier alpha value is -0.150. The van der Waals surface area contributed by atoms with Crippen molar-refractivity contribution in [3.05, 3.63) is 14.9 Å². The molecule has 9 heteroatoms. The number of rotatable bonds is 5. The van der Waals surface area contributed by atoms with Crippen LogP contribution in [0.3, 0.4) is 0 Å². The highest BCUT2D eigenvalue weighted by atomic mass is 79.9. The van der Waals surface area contributed by atoms with Crippen molar-refractivity contribution in [3.63, 3.8) is 0 Å². The van der Waals surface area contributed by atoms with Crippen LogP contribution in [0.1, 0.15) is 6.92 Å². The summed E-state index contributed by atoms with van der Waals surface area (Å²) in [4.78, 5) is 11.1. The van der Waals surface area contributed by atoms with E-state index in [4.69, 9.17) is 11.6 Å². The summed E-state index contributed by atoms with van der Waals surface area (Å²) >= 11 is 9.86. The van der Waals surface area contributed by atoms with Gasteiger partial charge in [0, 0.05) is 6.54 Å². The highest BCUT2D eigenvalue weighted by molar-refractivity contribution is 9.11. The molecule has 1 amide bonds. The van der Waals surface area contributed by atoms with Crippen molar-refractivity contribution >= 4 is 54.8 Å². The molecule has 0 aromatic carbocycles. The molecule has 0 bridgehead atoms. The second-order valence-corrected chi connectivity index (χ2v) is 7.74. The molecule has 2 N–H and O–H groups in total. The standard InChI is InChI=1S/C8H10BrClN2O3S2/c1-2-11-6(13)4-12-17(14,15)7-3-5(10)8(9)16-7/h3,12H,2,4H2,1H3,(H,11,13). The van der Waals surface area contributed by atoms with Crippen molar-refractivity contribution < 1.29 is 13.2 Å². The number of halogens is 2. The van der Waals surface area contributed by atoms with Crippen LogP contribution in [0.25, 0.3) is 0 Å². The zero-order chi connectivity index (χ0) is 13.1. The molecule has 0 saturated heterocycles. The molecule has 1 heterocycles. The molecule has 0 aliphatic rings.